The van der Waals surface area contributed by atoms with Crippen LogP contribution >= 0.6 is 11.3 Å². The molecule has 2 rings (SSSR count). The normalized spacial score (nSPS) is 13.9. The third-order valence-corrected chi connectivity index (χ3v) is 4.14. The van der Waals surface area contributed by atoms with Crippen molar-refractivity contribution in [3.63, 3.8) is 0 Å². The monoisotopic (exact) mass is 302 g/mol. The van der Waals surface area contributed by atoms with Crippen LogP contribution in [0.5, 0.6) is 0 Å². The van der Waals surface area contributed by atoms with Gasteiger partial charge in [-0.3, -0.25) is 10.1 Å². The number of thiophene rings is 1. The lowest BCUT2D eigenvalue weighted by atomic mass is 10.0. The van der Waals surface area contributed by atoms with Gasteiger partial charge in [0, 0.05) is 10.9 Å². The second-order valence-electron chi connectivity index (χ2n) is 5.41. The highest BCUT2D eigenvalue weighted by Gasteiger charge is 2.21. The van der Waals surface area contributed by atoms with Gasteiger partial charge in [-0.2, -0.15) is 0 Å². The molecule has 4 heteroatoms. The van der Waals surface area contributed by atoms with Gasteiger partial charge >= 0.3 is 0 Å². The Balaban J connectivity index is 2.16. The first-order chi connectivity index (χ1) is 10.1. The van der Waals surface area contributed by atoms with Gasteiger partial charge in [0.25, 0.3) is 0 Å². The fourth-order valence-corrected chi connectivity index (χ4v) is 2.99. The standard InChI is InChI=1S/C17H22N2OS/c1-12(2)18-17(20)13(3)19-16(15-10-7-11-21-15)14-8-5-4-6-9-14/h4-13,16,19H,1-3H3,(H,18,20)/t13-,16-/m1/s1. The highest BCUT2D eigenvalue weighted by Crippen LogP contribution is 2.26. The number of amides is 1. The summed E-state index contributed by atoms with van der Waals surface area (Å²) >= 11 is 1.70. The zero-order valence-electron chi connectivity index (χ0n) is 12.7. The molecule has 112 valence electrons. The molecule has 2 aromatic rings. The highest BCUT2D eigenvalue weighted by atomic mass is 32.1. The van der Waals surface area contributed by atoms with Crippen LogP contribution in [0.4, 0.5) is 0 Å². The second kappa shape index (κ2) is 7.38. The van der Waals surface area contributed by atoms with E-state index in [0.29, 0.717) is 0 Å². The van der Waals surface area contributed by atoms with Gasteiger partial charge in [-0.1, -0.05) is 36.4 Å². The minimum Gasteiger partial charge on any atom is -0.353 e. The Bertz CT molecular complexity index is 551. The smallest absolute Gasteiger partial charge is 0.237 e. The number of hydrogen-bond acceptors (Lipinski definition) is 3. The van der Waals surface area contributed by atoms with Crippen molar-refractivity contribution in [1.82, 2.24) is 10.6 Å². The Morgan fingerprint density at radius 1 is 1.05 bits per heavy atom. The van der Waals surface area contributed by atoms with Gasteiger partial charge in [0.15, 0.2) is 0 Å². The minimum absolute atomic E-state index is 0.0301. The van der Waals surface area contributed by atoms with Crippen LogP contribution in [-0.2, 0) is 4.79 Å². The SMILES string of the molecule is CC(C)NC(=O)[C@@H](C)N[C@H](c1ccccc1)c1cccs1. The van der Waals surface area contributed by atoms with E-state index in [1.165, 1.54) is 10.4 Å². The molecule has 0 unspecified atom stereocenters. The van der Waals surface area contributed by atoms with Crippen molar-refractivity contribution >= 4 is 17.2 Å². The van der Waals surface area contributed by atoms with E-state index in [-0.39, 0.29) is 24.0 Å². The average Bonchev–Trinajstić information content (AvgIpc) is 2.98. The van der Waals surface area contributed by atoms with Crippen LogP contribution in [0.2, 0.25) is 0 Å². The molecule has 0 saturated heterocycles. The molecular formula is C17H22N2OS. The van der Waals surface area contributed by atoms with Crippen molar-refractivity contribution in [2.24, 2.45) is 0 Å². The molecule has 1 heterocycles. The van der Waals surface area contributed by atoms with Gasteiger partial charge in [-0.15, -0.1) is 11.3 Å². The van der Waals surface area contributed by atoms with E-state index < -0.39 is 0 Å². The maximum Gasteiger partial charge on any atom is 0.237 e. The van der Waals surface area contributed by atoms with Gasteiger partial charge in [-0.25, -0.2) is 0 Å². The van der Waals surface area contributed by atoms with Gasteiger partial charge in [0.05, 0.1) is 12.1 Å². The first kappa shape index (κ1) is 15.7. The third-order valence-electron chi connectivity index (χ3n) is 3.20. The molecule has 0 saturated carbocycles. The van der Waals surface area contributed by atoms with Crippen LogP contribution in [-0.4, -0.2) is 18.0 Å². The van der Waals surface area contributed by atoms with Crippen LogP contribution in [0, 0.1) is 0 Å². The van der Waals surface area contributed by atoms with E-state index in [1.807, 2.05) is 45.0 Å². The zero-order valence-corrected chi connectivity index (χ0v) is 13.5. The molecule has 0 aliphatic rings. The summed E-state index contributed by atoms with van der Waals surface area (Å²) in [6.45, 7) is 5.85. The summed E-state index contributed by atoms with van der Waals surface area (Å²) in [6.07, 6.45) is 0. The summed E-state index contributed by atoms with van der Waals surface area (Å²) in [4.78, 5) is 13.3. The molecule has 0 fully saturated rings. The molecule has 2 atom stereocenters. The lowest BCUT2D eigenvalue weighted by molar-refractivity contribution is -0.123. The van der Waals surface area contributed by atoms with Gasteiger partial charge in [0.2, 0.25) is 5.91 Å². The lowest BCUT2D eigenvalue weighted by Crippen LogP contribution is -2.45. The van der Waals surface area contributed by atoms with Crippen molar-refractivity contribution in [3.8, 4) is 0 Å². The van der Waals surface area contributed by atoms with E-state index in [0.717, 1.165) is 0 Å². The summed E-state index contributed by atoms with van der Waals surface area (Å²) in [5.41, 5.74) is 1.17. The maximum atomic E-state index is 12.1. The van der Waals surface area contributed by atoms with Crippen molar-refractivity contribution < 1.29 is 4.79 Å². The quantitative estimate of drug-likeness (QED) is 0.859. The molecule has 1 amide bonds. The van der Waals surface area contributed by atoms with Gasteiger partial charge in [-0.05, 0) is 37.8 Å². The summed E-state index contributed by atoms with van der Waals surface area (Å²) in [7, 11) is 0. The highest BCUT2D eigenvalue weighted by molar-refractivity contribution is 7.10. The minimum atomic E-state index is -0.250. The Morgan fingerprint density at radius 3 is 2.33 bits per heavy atom. The van der Waals surface area contributed by atoms with Crippen LogP contribution in [0.1, 0.15) is 37.3 Å². The summed E-state index contributed by atoms with van der Waals surface area (Å²) in [5, 5.41) is 8.45. The summed E-state index contributed by atoms with van der Waals surface area (Å²) < 4.78 is 0. The maximum absolute atomic E-state index is 12.1. The zero-order chi connectivity index (χ0) is 15.2. The lowest BCUT2D eigenvalue weighted by Gasteiger charge is -2.23. The molecule has 0 bridgehead atoms. The molecule has 0 spiro atoms. The summed E-state index contributed by atoms with van der Waals surface area (Å²) in [6, 6.07) is 14.3. The summed E-state index contributed by atoms with van der Waals surface area (Å²) in [5.74, 6) is 0.0301. The Kier molecular flexibility index (Phi) is 5.53. The molecule has 0 aliphatic heterocycles. The van der Waals surface area contributed by atoms with Crippen LogP contribution in [0.25, 0.3) is 0 Å². The van der Waals surface area contributed by atoms with Crippen LogP contribution in [0.3, 0.4) is 0 Å². The molecule has 0 radical (unpaired) electrons. The predicted octanol–water partition coefficient (Wildman–Crippen LogP) is 3.34. The van der Waals surface area contributed by atoms with Crippen LogP contribution < -0.4 is 10.6 Å². The number of hydrogen-bond donors (Lipinski definition) is 2. The fourth-order valence-electron chi connectivity index (χ4n) is 2.18. The van der Waals surface area contributed by atoms with Gasteiger partial charge in [0.1, 0.15) is 0 Å². The van der Waals surface area contributed by atoms with Crippen molar-refractivity contribution in [1.29, 1.82) is 0 Å². The molecule has 3 nitrogen and oxygen atoms in total. The van der Waals surface area contributed by atoms with Gasteiger partial charge < -0.3 is 5.32 Å². The average molecular weight is 302 g/mol. The van der Waals surface area contributed by atoms with Crippen molar-refractivity contribution in [2.75, 3.05) is 0 Å². The first-order valence-electron chi connectivity index (χ1n) is 7.22. The molecule has 2 N–H and O–H groups in total. The van der Waals surface area contributed by atoms with E-state index in [2.05, 4.69) is 34.2 Å². The first-order valence-corrected chi connectivity index (χ1v) is 8.10. The molecule has 1 aromatic carbocycles. The number of benzene rings is 1. The predicted molar refractivity (Wildman–Crippen MR) is 88.5 cm³/mol. The Labute approximate surface area is 130 Å². The Morgan fingerprint density at radius 2 is 1.76 bits per heavy atom. The molecule has 21 heavy (non-hydrogen) atoms. The molecule has 0 aliphatic carbocycles. The molecular weight excluding hydrogens is 280 g/mol. The van der Waals surface area contributed by atoms with E-state index in [9.17, 15) is 4.79 Å². The largest absolute Gasteiger partial charge is 0.353 e. The Hall–Kier alpha value is -1.65. The van der Waals surface area contributed by atoms with Crippen molar-refractivity contribution in [2.45, 2.75) is 38.9 Å². The number of nitrogens with one attached hydrogen (secondary N) is 2. The third kappa shape index (κ3) is 4.41. The number of carbonyl (C=O) groups excluding carboxylic acids is 1. The van der Waals surface area contributed by atoms with E-state index >= 15 is 0 Å². The van der Waals surface area contributed by atoms with Crippen LogP contribution in [0.15, 0.2) is 47.8 Å². The van der Waals surface area contributed by atoms with E-state index in [1.54, 1.807) is 11.3 Å². The number of rotatable bonds is 6. The van der Waals surface area contributed by atoms with E-state index in [4.69, 9.17) is 0 Å². The second-order valence-corrected chi connectivity index (χ2v) is 6.39. The molecule has 1 aromatic heterocycles. The fraction of sp³-hybridized carbons (Fsp3) is 0.353. The van der Waals surface area contributed by atoms with Crippen molar-refractivity contribution in [3.05, 3.63) is 58.3 Å². The number of carbonyl (C=O) groups is 1. The topological polar surface area (TPSA) is 41.1 Å².